The number of benzene rings is 3. The Kier molecular flexibility index (Phi) is 10.8. The van der Waals surface area contributed by atoms with E-state index in [1.54, 1.807) is 24.3 Å². The van der Waals surface area contributed by atoms with E-state index < -0.39 is 46.6 Å². The van der Waals surface area contributed by atoms with Crippen molar-refractivity contribution in [2.45, 2.75) is 37.3 Å². The molecule has 2 atom stereocenters. The number of hydrogen-bond acceptors (Lipinski definition) is 6. The average Bonchev–Trinajstić information content (AvgIpc) is 3.06. The summed E-state index contributed by atoms with van der Waals surface area (Å²) in [4.78, 5) is 20.8. The Morgan fingerprint density at radius 2 is 1.67 bits per heavy atom. The first-order valence-corrected chi connectivity index (χ1v) is 15.5. The van der Waals surface area contributed by atoms with Gasteiger partial charge in [0.05, 0.1) is 32.1 Å². The van der Waals surface area contributed by atoms with Crippen molar-refractivity contribution in [2.24, 2.45) is 0 Å². The molecule has 5 aromatic rings. The first-order valence-electron chi connectivity index (χ1n) is 14.2. The fourth-order valence-corrected chi connectivity index (χ4v) is 5.76. The normalized spacial score (nSPS) is 12.7. The predicted molar refractivity (Wildman–Crippen MR) is 165 cm³/mol. The lowest BCUT2D eigenvalue weighted by atomic mass is 10.1. The van der Waals surface area contributed by atoms with E-state index in [9.17, 15) is 26.9 Å². The summed E-state index contributed by atoms with van der Waals surface area (Å²) in [6, 6.07) is 23.4. The zero-order valence-electron chi connectivity index (χ0n) is 24.6. The molecular formula is C34H29F4N3O4S. The van der Waals surface area contributed by atoms with Gasteiger partial charge in [0.1, 0.15) is 17.3 Å². The molecule has 0 amide bonds. The molecule has 46 heavy (non-hydrogen) atoms. The van der Waals surface area contributed by atoms with E-state index in [0.29, 0.717) is 16.7 Å². The van der Waals surface area contributed by atoms with Crippen LogP contribution in [0.1, 0.15) is 41.3 Å². The smallest absolute Gasteiger partial charge is 0.343 e. The van der Waals surface area contributed by atoms with Gasteiger partial charge < -0.3 is 18.6 Å². The predicted octanol–water partition coefficient (Wildman–Crippen LogP) is 7.03. The molecule has 0 saturated carbocycles. The Balaban J connectivity index is 1.38. The van der Waals surface area contributed by atoms with Crippen LogP contribution in [0.2, 0.25) is 0 Å². The van der Waals surface area contributed by atoms with Crippen LogP contribution >= 0.6 is 0 Å². The molecule has 0 aliphatic rings. The van der Waals surface area contributed by atoms with Crippen molar-refractivity contribution in [1.29, 1.82) is 0 Å². The minimum atomic E-state index is -2.98. The van der Waals surface area contributed by atoms with Crippen LogP contribution in [0.5, 0.6) is 5.75 Å². The van der Waals surface area contributed by atoms with E-state index in [1.165, 1.54) is 48.2 Å². The SMILES string of the molecule is COc1ccc(Cn2cc(-c3cc(C(F)F)nc([S+]([O-])CCC(OCc4ccccc4F)c4ccccc4)n3)ccc2=O)cc1F. The zero-order valence-corrected chi connectivity index (χ0v) is 25.4. The molecule has 0 fully saturated rings. The highest BCUT2D eigenvalue weighted by Gasteiger charge is 2.24. The number of alkyl halides is 2. The molecule has 2 heterocycles. The van der Waals surface area contributed by atoms with Gasteiger partial charge in [-0.15, -0.1) is 0 Å². The fourth-order valence-electron chi connectivity index (χ4n) is 4.74. The summed E-state index contributed by atoms with van der Waals surface area (Å²) in [5.41, 5.74) is 0.914. The Hall–Kier alpha value is -4.52. The molecule has 7 nitrogen and oxygen atoms in total. The van der Waals surface area contributed by atoms with Crippen LogP contribution in [-0.2, 0) is 29.1 Å². The minimum Gasteiger partial charge on any atom is -0.609 e. The maximum absolute atomic E-state index is 14.2. The summed E-state index contributed by atoms with van der Waals surface area (Å²) < 4.78 is 82.0. The summed E-state index contributed by atoms with van der Waals surface area (Å²) in [7, 11) is 1.34. The van der Waals surface area contributed by atoms with Crippen LogP contribution in [0, 0.1) is 11.6 Å². The molecule has 0 bridgehead atoms. The first-order chi connectivity index (χ1) is 22.2. The van der Waals surface area contributed by atoms with Crippen molar-refractivity contribution >= 4 is 11.2 Å². The van der Waals surface area contributed by atoms with Crippen LogP contribution in [0.4, 0.5) is 17.6 Å². The quantitative estimate of drug-likeness (QED) is 0.0772. The van der Waals surface area contributed by atoms with E-state index in [1.807, 2.05) is 30.3 Å². The molecular weight excluding hydrogens is 622 g/mol. The molecule has 0 aliphatic carbocycles. The van der Waals surface area contributed by atoms with Crippen molar-refractivity contribution in [3.63, 3.8) is 0 Å². The number of hydrogen-bond donors (Lipinski definition) is 0. The van der Waals surface area contributed by atoms with Gasteiger partial charge in [0.15, 0.2) is 11.6 Å². The van der Waals surface area contributed by atoms with Gasteiger partial charge in [-0.2, -0.15) is 9.97 Å². The van der Waals surface area contributed by atoms with Crippen molar-refractivity contribution in [3.05, 3.63) is 142 Å². The second-order valence-corrected chi connectivity index (χ2v) is 11.7. The van der Waals surface area contributed by atoms with E-state index in [4.69, 9.17) is 9.47 Å². The number of pyridine rings is 1. The third-order valence-electron chi connectivity index (χ3n) is 7.14. The summed E-state index contributed by atoms with van der Waals surface area (Å²) in [6.07, 6.45) is -1.94. The number of aromatic nitrogens is 3. The van der Waals surface area contributed by atoms with Crippen molar-refractivity contribution in [3.8, 4) is 17.0 Å². The highest BCUT2D eigenvalue weighted by molar-refractivity contribution is 7.91. The maximum atomic E-state index is 14.2. The molecule has 2 unspecified atom stereocenters. The van der Waals surface area contributed by atoms with E-state index in [-0.39, 0.29) is 41.9 Å². The van der Waals surface area contributed by atoms with Gasteiger partial charge in [-0.05, 0) is 41.5 Å². The van der Waals surface area contributed by atoms with Crippen LogP contribution in [0.3, 0.4) is 0 Å². The number of ether oxygens (including phenoxy) is 2. The van der Waals surface area contributed by atoms with Gasteiger partial charge in [-0.3, -0.25) is 4.79 Å². The summed E-state index contributed by atoms with van der Waals surface area (Å²) >= 11 is -1.92. The standard InChI is InChI=1S/C34H29F4N3O4S/c1-44-31-13-11-22(17-27(31)36)19-41-20-24(12-14-32(41)42)28-18-29(33(37)38)40-34(39-28)46(43)16-15-30(23-7-3-2-4-8-23)45-21-25-9-5-6-10-26(25)35/h2-14,17-18,20,30,33H,15-16,19,21H2,1H3. The molecule has 3 aromatic carbocycles. The maximum Gasteiger partial charge on any atom is 0.343 e. The minimum absolute atomic E-state index is 0.00703. The van der Waals surface area contributed by atoms with Crippen molar-refractivity contribution < 1.29 is 31.6 Å². The molecule has 5 rings (SSSR count). The largest absolute Gasteiger partial charge is 0.609 e. The third-order valence-corrected chi connectivity index (χ3v) is 8.33. The summed E-state index contributed by atoms with van der Waals surface area (Å²) in [6.45, 7) is -0.0355. The highest BCUT2D eigenvalue weighted by atomic mass is 32.2. The van der Waals surface area contributed by atoms with Crippen LogP contribution in [-0.4, -0.2) is 32.0 Å². The van der Waals surface area contributed by atoms with E-state index in [2.05, 4.69) is 9.97 Å². The topological polar surface area (TPSA) is 89.3 Å². The number of nitrogens with zero attached hydrogens (tertiary/aromatic N) is 3. The monoisotopic (exact) mass is 651 g/mol. The van der Waals surface area contributed by atoms with Crippen molar-refractivity contribution in [1.82, 2.24) is 14.5 Å². The Bertz CT molecular complexity index is 1840. The Morgan fingerprint density at radius 1 is 0.913 bits per heavy atom. The first kappa shape index (κ1) is 32.9. The molecule has 2 aromatic heterocycles. The molecule has 12 heteroatoms. The lowest BCUT2D eigenvalue weighted by Gasteiger charge is -2.19. The Morgan fingerprint density at radius 3 is 2.39 bits per heavy atom. The number of rotatable bonds is 13. The average molecular weight is 652 g/mol. The second-order valence-electron chi connectivity index (χ2n) is 10.3. The van der Waals surface area contributed by atoms with Gasteiger partial charge in [-0.25, -0.2) is 17.6 Å². The van der Waals surface area contributed by atoms with E-state index >= 15 is 0 Å². The molecule has 0 N–H and O–H groups in total. The summed E-state index contributed by atoms with van der Waals surface area (Å²) in [5.74, 6) is -0.991. The van der Waals surface area contributed by atoms with Gasteiger partial charge in [0, 0.05) is 41.0 Å². The number of methoxy groups -OCH3 is 1. The fraction of sp³-hybridized carbons (Fsp3) is 0.206. The molecule has 238 valence electrons. The van der Waals surface area contributed by atoms with Crippen molar-refractivity contribution in [2.75, 3.05) is 12.9 Å². The third kappa shape index (κ3) is 8.19. The lowest BCUT2D eigenvalue weighted by molar-refractivity contribution is 0.0361. The van der Waals surface area contributed by atoms with Gasteiger partial charge in [-0.1, -0.05) is 54.6 Å². The highest BCUT2D eigenvalue weighted by Crippen LogP contribution is 2.28. The van der Waals surface area contributed by atoms with Gasteiger partial charge >= 0.3 is 5.16 Å². The van der Waals surface area contributed by atoms with Crippen LogP contribution in [0.25, 0.3) is 11.3 Å². The molecule has 0 radical (unpaired) electrons. The van der Waals surface area contributed by atoms with Crippen LogP contribution < -0.4 is 10.3 Å². The van der Waals surface area contributed by atoms with Gasteiger partial charge in [0.2, 0.25) is 0 Å². The Labute approximate surface area is 265 Å². The summed E-state index contributed by atoms with van der Waals surface area (Å²) in [5, 5.41) is -0.302. The van der Waals surface area contributed by atoms with Crippen LogP contribution in [0.15, 0.2) is 107 Å². The second kappa shape index (κ2) is 15.2. The van der Waals surface area contributed by atoms with E-state index in [0.717, 1.165) is 11.6 Å². The molecule has 0 aliphatic heterocycles. The molecule has 0 spiro atoms. The zero-order chi connectivity index (χ0) is 32.6. The van der Waals surface area contributed by atoms with Gasteiger partial charge in [0.25, 0.3) is 12.0 Å². The number of halogens is 4. The molecule has 0 saturated heterocycles. The lowest BCUT2D eigenvalue weighted by Crippen LogP contribution is -2.20.